The summed E-state index contributed by atoms with van der Waals surface area (Å²) in [6.45, 7) is 8.38. The number of benzene rings is 1. The quantitative estimate of drug-likeness (QED) is 0.714. The van der Waals surface area contributed by atoms with Gasteiger partial charge in [0.1, 0.15) is 5.82 Å². The van der Waals surface area contributed by atoms with Crippen LogP contribution in [0.15, 0.2) is 18.2 Å². The van der Waals surface area contributed by atoms with E-state index in [0.29, 0.717) is 6.04 Å². The van der Waals surface area contributed by atoms with Crippen molar-refractivity contribution >= 4 is 22.6 Å². The SMILES string of the molecule is Cc1ccc2nc(C(C)Cl)n(C(C)C)c2c1. The number of halogens is 1. The third-order valence-corrected chi connectivity index (χ3v) is 2.94. The Labute approximate surface area is 101 Å². The first-order valence-corrected chi connectivity index (χ1v) is 6.07. The van der Waals surface area contributed by atoms with Crippen LogP contribution in [0.1, 0.15) is 43.6 Å². The van der Waals surface area contributed by atoms with E-state index in [2.05, 4.69) is 48.5 Å². The zero-order chi connectivity index (χ0) is 11.9. The van der Waals surface area contributed by atoms with Gasteiger partial charge in [0.05, 0.1) is 16.4 Å². The topological polar surface area (TPSA) is 17.8 Å². The second-order valence-electron chi connectivity index (χ2n) is 4.54. The number of aryl methyl sites for hydroxylation is 1. The van der Waals surface area contributed by atoms with E-state index < -0.39 is 0 Å². The third-order valence-electron chi connectivity index (χ3n) is 2.74. The number of aromatic nitrogens is 2. The number of imidazole rings is 1. The number of alkyl halides is 1. The minimum Gasteiger partial charge on any atom is -0.324 e. The van der Waals surface area contributed by atoms with Crippen LogP contribution < -0.4 is 0 Å². The molecule has 0 amide bonds. The molecule has 0 bridgehead atoms. The fourth-order valence-corrected chi connectivity index (χ4v) is 2.20. The van der Waals surface area contributed by atoms with Crippen LogP contribution in [-0.4, -0.2) is 9.55 Å². The lowest BCUT2D eigenvalue weighted by molar-refractivity contribution is 0.584. The highest BCUT2D eigenvalue weighted by Crippen LogP contribution is 2.28. The van der Waals surface area contributed by atoms with Crippen molar-refractivity contribution in [1.29, 1.82) is 0 Å². The maximum Gasteiger partial charge on any atom is 0.127 e. The second kappa shape index (κ2) is 4.10. The van der Waals surface area contributed by atoms with Crippen molar-refractivity contribution in [2.45, 2.75) is 39.1 Å². The molecular weight excluding hydrogens is 220 g/mol. The van der Waals surface area contributed by atoms with E-state index in [1.807, 2.05) is 6.92 Å². The fraction of sp³-hybridized carbons (Fsp3) is 0.462. The molecule has 2 nitrogen and oxygen atoms in total. The lowest BCUT2D eigenvalue weighted by atomic mass is 10.2. The van der Waals surface area contributed by atoms with Crippen molar-refractivity contribution in [3.05, 3.63) is 29.6 Å². The Bertz CT molecular complexity index is 512. The number of fused-ring (bicyclic) bond motifs is 1. The van der Waals surface area contributed by atoms with Gasteiger partial charge >= 0.3 is 0 Å². The highest BCUT2D eigenvalue weighted by atomic mass is 35.5. The minimum atomic E-state index is -0.0601. The van der Waals surface area contributed by atoms with Gasteiger partial charge in [0.2, 0.25) is 0 Å². The van der Waals surface area contributed by atoms with E-state index in [9.17, 15) is 0 Å². The summed E-state index contributed by atoms with van der Waals surface area (Å²) in [5, 5.41) is -0.0601. The van der Waals surface area contributed by atoms with Gasteiger partial charge in [-0.05, 0) is 45.4 Å². The monoisotopic (exact) mass is 236 g/mol. The van der Waals surface area contributed by atoms with Crippen LogP contribution >= 0.6 is 11.6 Å². The first-order valence-electron chi connectivity index (χ1n) is 5.63. The number of nitrogens with zero attached hydrogens (tertiary/aromatic N) is 2. The van der Waals surface area contributed by atoms with Gasteiger partial charge in [0, 0.05) is 6.04 Å². The van der Waals surface area contributed by atoms with Crippen LogP contribution in [-0.2, 0) is 0 Å². The predicted molar refractivity (Wildman–Crippen MR) is 69.1 cm³/mol. The molecule has 1 aromatic heterocycles. The molecule has 0 saturated heterocycles. The van der Waals surface area contributed by atoms with Gasteiger partial charge in [-0.3, -0.25) is 0 Å². The first-order chi connectivity index (χ1) is 7.50. The predicted octanol–water partition coefficient (Wildman–Crippen LogP) is 4.23. The van der Waals surface area contributed by atoms with Crippen molar-refractivity contribution in [3.8, 4) is 0 Å². The maximum absolute atomic E-state index is 6.18. The molecule has 0 aliphatic heterocycles. The van der Waals surface area contributed by atoms with Gasteiger partial charge < -0.3 is 4.57 Å². The molecule has 0 radical (unpaired) electrons. The van der Waals surface area contributed by atoms with Crippen molar-refractivity contribution in [3.63, 3.8) is 0 Å². The molecule has 0 saturated carbocycles. The molecule has 0 fully saturated rings. The summed E-state index contributed by atoms with van der Waals surface area (Å²) in [7, 11) is 0. The van der Waals surface area contributed by atoms with Crippen molar-refractivity contribution < 1.29 is 0 Å². The van der Waals surface area contributed by atoms with Crippen LogP contribution in [0.25, 0.3) is 11.0 Å². The summed E-state index contributed by atoms with van der Waals surface area (Å²) >= 11 is 6.18. The molecule has 86 valence electrons. The highest BCUT2D eigenvalue weighted by molar-refractivity contribution is 6.20. The van der Waals surface area contributed by atoms with Gasteiger partial charge in [-0.2, -0.15) is 0 Å². The van der Waals surface area contributed by atoms with Crippen LogP contribution in [0.3, 0.4) is 0 Å². The molecule has 16 heavy (non-hydrogen) atoms. The van der Waals surface area contributed by atoms with E-state index in [0.717, 1.165) is 11.3 Å². The summed E-state index contributed by atoms with van der Waals surface area (Å²) in [4.78, 5) is 4.61. The van der Waals surface area contributed by atoms with Gasteiger partial charge in [0.15, 0.2) is 0 Å². The van der Waals surface area contributed by atoms with Crippen LogP contribution in [0, 0.1) is 6.92 Å². The van der Waals surface area contributed by atoms with E-state index in [1.54, 1.807) is 0 Å². The molecule has 0 aliphatic rings. The molecule has 1 unspecified atom stereocenters. The van der Waals surface area contributed by atoms with Gasteiger partial charge in [-0.25, -0.2) is 4.98 Å². The summed E-state index contributed by atoms with van der Waals surface area (Å²) in [5.74, 6) is 0.956. The first kappa shape index (κ1) is 11.5. The Morgan fingerprint density at radius 3 is 2.50 bits per heavy atom. The third kappa shape index (κ3) is 1.82. The van der Waals surface area contributed by atoms with Crippen LogP contribution in [0.5, 0.6) is 0 Å². The molecule has 2 rings (SSSR count). The van der Waals surface area contributed by atoms with E-state index in [4.69, 9.17) is 11.6 Å². The average Bonchev–Trinajstić information content (AvgIpc) is 2.55. The van der Waals surface area contributed by atoms with E-state index in [-0.39, 0.29) is 5.38 Å². The molecule has 1 atom stereocenters. The van der Waals surface area contributed by atoms with Crippen molar-refractivity contribution in [2.75, 3.05) is 0 Å². The van der Waals surface area contributed by atoms with Crippen LogP contribution in [0.4, 0.5) is 0 Å². The summed E-state index contributed by atoms with van der Waals surface area (Å²) in [6, 6.07) is 6.70. The summed E-state index contributed by atoms with van der Waals surface area (Å²) < 4.78 is 2.22. The number of hydrogen-bond acceptors (Lipinski definition) is 1. The maximum atomic E-state index is 6.18. The Morgan fingerprint density at radius 2 is 1.94 bits per heavy atom. The molecule has 1 aromatic carbocycles. The summed E-state index contributed by atoms with van der Waals surface area (Å²) in [5.41, 5.74) is 3.46. The molecule has 1 heterocycles. The number of hydrogen-bond donors (Lipinski definition) is 0. The van der Waals surface area contributed by atoms with Gasteiger partial charge in [-0.15, -0.1) is 11.6 Å². The molecule has 0 N–H and O–H groups in total. The lowest BCUT2D eigenvalue weighted by Crippen LogP contribution is -2.06. The van der Waals surface area contributed by atoms with E-state index >= 15 is 0 Å². The second-order valence-corrected chi connectivity index (χ2v) is 5.20. The molecular formula is C13H17ClN2. The standard InChI is InChI=1S/C13H17ClN2/c1-8(2)16-12-7-9(3)5-6-11(12)15-13(16)10(4)14/h5-8,10H,1-4H3. The normalized spacial score (nSPS) is 13.6. The zero-order valence-corrected chi connectivity index (χ0v) is 10.9. The van der Waals surface area contributed by atoms with Gasteiger partial charge in [-0.1, -0.05) is 6.07 Å². The Kier molecular flexibility index (Phi) is 2.94. The average molecular weight is 237 g/mol. The smallest absolute Gasteiger partial charge is 0.127 e. The highest BCUT2D eigenvalue weighted by Gasteiger charge is 2.16. The molecule has 2 aromatic rings. The van der Waals surface area contributed by atoms with Gasteiger partial charge in [0.25, 0.3) is 0 Å². The Morgan fingerprint density at radius 1 is 1.25 bits per heavy atom. The van der Waals surface area contributed by atoms with Crippen molar-refractivity contribution in [1.82, 2.24) is 9.55 Å². The van der Waals surface area contributed by atoms with Crippen LogP contribution in [0.2, 0.25) is 0 Å². The van der Waals surface area contributed by atoms with E-state index in [1.165, 1.54) is 11.1 Å². The number of rotatable bonds is 2. The molecule has 0 aliphatic carbocycles. The summed E-state index contributed by atoms with van der Waals surface area (Å²) in [6.07, 6.45) is 0. The lowest BCUT2D eigenvalue weighted by Gasteiger charge is -2.14. The van der Waals surface area contributed by atoms with Crippen molar-refractivity contribution in [2.24, 2.45) is 0 Å². The Balaban J connectivity index is 2.77. The largest absolute Gasteiger partial charge is 0.324 e. The Hall–Kier alpha value is -1.02. The zero-order valence-electron chi connectivity index (χ0n) is 10.2. The fourth-order valence-electron chi connectivity index (χ4n) is 2.04. The minimum absolute atomic E-state index is 0.0601. The molecule has 0 spiro atoms. The molecule has 3 heteroatoms.